The van der Waals surface area contributed by atoms with E-state index in [0.29, 0.717) is 34.2 Å². The molecule has 152 valence electrons. The van der Waals surface area contributed by atoms with Crippen molar-refractivity contribution in [2.75, 3.05) is 24.8 Å². The Morgan fingerprint density at radius 3 is 2.62 bits per heavy atom. The third kappa shape index (κ3) is 5.38. The van der Waals surface area contributed by atoms with Gasteiger partial charge in [-0.2, -0.15) is 0 Å². The molecular formula is C21H22ClN3O3S. The second-order valence-corrected chi connectivity index (χ2v) is 8.10. The Balaban J connectivity index is 1.83. The number of thioether (sulfide) groups is 1. The molecule has 6 nitrogen and oxygen atoms in total. The summed E-state index contributed by atoms with van der Waals surface area (Å²) >= 11 is 7.26. The third-order valence-corrected chi connectivity index (χ3v) is 5.45. The van der Waals surface area contributed by atoms with Gasteiger partial charge in [-0.1, -0.05) is 29.4 Å². The van der Waals surface area contributed by atoms with Gasteiger partial charge in [0, 0.05) is 17.8 Å². The van der Waals surface area contributed by atoms with Crippen molar-refractivity contribution in [1.82, 2.24) is 9.55 Å². The molecule has 0 spiro atoms. The van der Waals surface area contributed by atoms with Crippen LogP contribution in [0.25, 0.3) is 10.9 Å². The molecule has 0 bridgehead atoms. The molecule has 0 atom stereocenters. The molecule has 0 fully saturated rings. The van der Waals surface area contributed by atoms with Crippen LogP contribution in [0.2, 0.25) is 5.02 Å². The number of carbonyl (C=O) groups excluding carboxylic acids is 1. The van der Waals surface area contributed by atoms with Gasteiger partial charge >= 0.3 is 0 Å². The summed E-state index contributed by atoms with van der Waals surface area (Å²) in [5, 5.41) is 4.34. The first-order valence-electron chi connectivity index (χ1n) is 9.07. The third-order valence-electron chi connectivity index (χ3n) is 4.24. The van der Waals surface area contributed by atoms with Crippen LogP contribution < -0.4 is 10.9 Å². The highest BCUT2D eigenvalue weighted by Crippen LogP contribution is 2.21. The van der Waals surface area contributed by atoms with Gasteiger partial charge < -0.3 is 10.1 Å². The SMILES string of the molecule is COCCn1c(SCC(=O)Nc2cc(C)cc(C)c2)nc2cc(Cl)ccc2c1=O. The molecule has 1 heterocycles. The first kappa shape index (κ1) is 21.4. The monoisotopic (exact) mass is 431 g/mol. The van der Waals surface area contributed by atoms with Gasteiger partial charge in [0.1, 0.15) is 0 Å². The van der Waals surface area contributed by atoms with Gasteiger partial charge in [0.15, 0.2) is 5.16 Å². The predicted octanol–water partition coefficient (Wildman–Crippen LogP) is 4.04. The van der Waals surface area contributed by atoms with Crippen molar-refractivity contribution >= 4 is 45.9 Å². The van der Waals surface area contributed by atoms with E-state index >= 15 is 0 Å². The standard InChI is InChI=1S/C21H22ClN3O3S/c1-13-8-14(2)10-16(9-13)23-19(26)12-29-21-24-18-11-15(22)4-5-17(18)20(27)25(21)6-7-28-3/h4-5,8-11H,6-7,12H2,1-3H3,(H,23,26). The van der Waals surface area contributed by atoms with E-state index in [9.17, 15) is 9.59 Å². The van der Waals surface area contributed by atoms with Crippen LogP contribution in [0.4, 0.5) is 5.69 Å². The summed E-state index contributed by atoms with van der Waals surface area (Å²) in [4.78, 5) is 29.9. The van der Waals surface area contributed by atoms with Crippen molar-refractivity contribution in [2.24, 2.45) is 0 Å². The number of anilines is 1. The maximum absolute atomic E-state index is 12.9. The lowest BCUT2D eigenvalue weighted by Crippen LogP contribution is -2.26. The molecule has 3 rings (SSSR count). The van der Waals surface area contributed by atoms with Crippen molar-refractivity contribution in [3.8, 4) is 0 Å². The number of fused-ring (bicyclic) bond motifs is 1. The fourth-order valence-corrected chi connectivity index (χ4v) is 4.03. The fraction of sp³-hybridized carbons (Fsp3) is 0.286. The molecule has 0 saturated heterocycles. The minimum Gasteiger partial charge on any atom is -0.383 e. The van der Waals surface area contributed by atoms with Gasteiger partial charge in [-0.15, -0.1) is 0 Å². The van der Waals surface area contributed by atoms with Gasteiger partial charge in [-0.05, 0) is 55.3 Å². The lowest BCUT2D eigenvalue weighted by atomic mass is 10.1. The average Bonchev–Trinajstić information content (AvgIpc) is 2.64. The van der Waals surface area contributed by atoms with Crippen molar-refractivity contribution in [1.29, 1.82) is 0 Å². The highest BCUT2D eigenvalue weighted by Gasteiger charge is 2.14. The quantitative estimate of drug-likeness (QED) is 0.451. The molecule has 0 unspecified atom stereocenters. The number of nitrogens with one attached hydrogen (secondary N) is 1. The Hall–Kier alpha value is -2.35. The van der Waals surface area contributed by atoms with E-state index in [1.165, 1.54) is 16.3 Å². The topological polar surface area (TPSA) is 73.2 Å². The predicted molar refractivity (Wildman–Crippen MR) is 118 cm³/mol. The van der Waals surface area contributed by atoms with Gasteiger partial charge in [0.05, 0.1) is 29.8 Å². The van der Waals surface area contributed by atoms with Crippen LogP contribution in [0.3, 0.4) is 0 Å². The Morgan fingerprint density at radius 1 is 1.21 bits per heavy atom. The summed E-state index contributed by atoms with van der Waals surface area (Å²) in [6.45, 7) is 4.68. The van der Waals surface area contributed by atoms with Gasteiger partial charge in [0.2, 0.25) is 5.91 Å². The summed E-state index contributed by atoms with van der Waals surface area (Å²) in [7, 11) is 1.57. The minimum absolute atomic E-state index is 0.123. The number of benzene rings is 2. The van der Waals surface area contributed by atoms with Crippen LogP contribution in [0.5, 0.6) is 0 Å². The number of rotatable bonds is 7. The zero-order valence-corrected chi connectivity index (χ0v) is 18.1. The fourth-order valence-electron chi connectivity index (χ4n) is 3.04. The highest BCUT2D eigenvalue weighted by atomic mass is 35.5. The minimum atomic E-state index is -0.180. The molecule has 1 N–H and O–H groups in total. The summed E-state index contributed by atoms with van der Waals surface area (Å²) < 4.78 is 6.65. The van der Waals surface area contributed by atoms with Crippen molar-refractivity contribution in [2.45, 2.75) is 25.5 Å². The lowest BCUT2D eigenvalue weighted by molar-refractivity contribution is -0.113. The number of carbonyl (C=O) groups is 1. The van der Waals surface area contributed by atoms with E-state index in [2.05, 4.69) is 10.3 Å². The first-order chi connectivity index (χ1) is 13.9. The Bertz CT molecular complexity index is 1090. The number of ether oxygens (including phenoxy) is 1. The van der Waals surface area contributed by atoms with E-state index in [-0.39, 0.29) is 17.2 Å². The van der Waals surface area contributed by atoms with Crippen molar-refractivity contribution < 1.29 is 9.53 Å². The number of hydrogen-bond donors (Lipinski definition) is 1. The number of methoxy groups -OCH3 is 1. The molecule has 0 aliphatic heterocycles. The Morgan fingerprint density at radius 2 is 1.93 bits per heavy atom. The molecular weight excluding hydrogens is 410 g/mol. The molecule has 3 aromatic rings. The van der Waals surface area contributed by atoms with Crippen LogP contribution >= 0.6 is 23.4 Å². The van der Waals surface area contributed by atoms with Crippen LogP contribution in [-0.4, -0.2) is 34.9 Å². The van der Waals surface area contributed by atoms with E-state index < -0.39 is 0 Å². The first-order valence-corrected chi connectivity index (χ1v) is 10.4. The summed E-state index contributed by atoms with van der Waals surface area (Å²) in [5.74, 6) is -0.0443. The number of nitrogens with zero attached hydrogens (tertiary/aromatic N) is 2. The molecule has 0 saturated carbocycles. The smallest absolute Gasteiger partial charge is 0.262 e. The molecule has 0 radical (unpaired) electrons. The lowest BCUT2D eigenvalue weighted by Gasteiger charge is -2.13. The molecule has 29 heavy (non-hydrogen) atoms. The molecule has 1 aromatic heterocycles. The zero-order chi connectivity index (χ0) is 21.0. The Kier molecular flexibility index (Phi) is 6.95. The van der Waals surface area contributed by atoms with E-state index in [1.807, 2.05) is 32.0 Å². The molecule has 1 amide bonds. The molecule has 0 aliphatic carbocycles. The maximum Gasteiger partial charge on any atom is 0.262 e. The number of aryl methyl sites for hydroxylation is 2. The van der Waals surface area contributed by atoms with E-state index in [1.54, 1.807) is 25.3 Å². The molecule has 8 heteroatoms. The van der Waals surface area contributed by atoms with Gasteiger partial charge in [-0.25, -0.2) is 4.98 Å². The van der Waals surface area contributed by atoms with E-state index in [4.69, 9.17) is 16.3 Å². The summed E-state index contributed by atoms with van der Waals surface area (Å²) in [6.07, 6.45) is 0. The van der Waals surface area contributed by atoms with Crippen molar-refractivity contribution in [3.63, 3.8) is 0 Å². The molecule has 2 aromatic carbocycles. The van der Waals surface area contributed by atoms with Crippen LogP contribution in [0, 0.1) is 13.8 Å². The zero-order valence-electron chi connectivity index (χ0n) is 16.5. The van der Waals surface area contributed by atoms with Gasteiger partial charge in [-0.3, -0.25) is 14.2 Å². The number of amides is 1. The summed E-state index contributed by atoms with van der Waals surface area (Å²) in [6, 6.07) is 10.9. The number of aromatic nitrogens is 2. The molecule has 0 aliphatic rings. The van der Waals surface area contributed by atoms with Crippen LogP contribution in [0.1, 0.15) is 11.1 Å². The van der Waals surface area contributed by atoms with Crippen LogP contribution in [-0.2, 0) is 16.1 Å². The van der Waals surface area contributed by atoms with Crippen molar-refractivity contribution in [3.05, 3.63) is 62.9 Å². The number of hydrogen-bond acceptors (Lipinski definition) is 5. The largest absolute Gasteiger partial charge is 0.383 e. The summed E-state index contributed by atoms with van der Waals surface area (Å²) in [5.41, 5.74) is 3.24. The maximum atomic E-state index is 12.9. The van der Waals surface area contributed by atoms with Gasteiger partial charge in [0.25, 0.3) is 5.56 Å². The Labute approximate surface area is 178 Å². The van der Waals surface area contributed by atoms with Crippen LogP contribution in [0.15, 0.2) is 46.3 Å². The average molecular weight is 432 g/mol. The van der Waals surface area contributed by atoms with E-state index in [0.717, 1.165) is 16.8 Å². The highest BCUT2D eigenvalue weighted by molar-refractivity contribution is 7.99. The second kappa shape index (κ2) is 9.43. The normalized spacial score (nSPS) is 11.0. The number of halogens is 1. The second-order valence-electron chi connectivity index (χ2n) is 6.72.